The summed E-state index contributed by atoms with van der Waals surface area (Å²) in [5, 5.41) is 7.79. The van der Waals surface area contributed by atoms with Gasteiger partial charge >= 0.3 is 0 Å². The standard InChI is InChI=1S/C24H26N4O3/c1-14-5-3-4-6-17(14)24(30)28-11-9-16(10-12-28)21-20-18(22(29)25-2)13-19(15-7-8-15)26-23(20)31-27-21/h3-6,13,15-16H,7-12H2,1-2H3,(H,25,29). The first kappa shape index (κ1) is 19.7. The molecule has 1 aromatic carbocycles. The van der Waals surface area contributed by atoms with Crippen molar-refractivity contribution in [3.05, 3.63) is 58.4 Å². The van der Waals surface area contributed by atoms with Crippen molar-refractivity contribution in [3.8, 4) is 0 Å². The second kappa shape index (κ2) is 7.80. The molecule has 2 aromatic heterocycles. The van der Waals surface area contributed by atoms with E-state index in [0.717, 1.165) is 48.2 Å². The van der Waals surface area contributed by atoms with Crippen molar-refractivity contribution in [2.75, 3.05) is 20.1 Å². The molecule has 1 aliphatic heterocycles. The van der Waals surface area contributed by atoms with Crippen LogP contribution in [0.3, 0.4) is 0 Å². The van der Waals surface area contributed by atoms with E-state index < -0.39 is 0 Å². The van der Waals surface area contributed by atoms with Gasteiger partial charge in [0.05, 0.1) is 16.6 Å². The zero-order chi connectivity index (χ0) is 21.5. The number of amides is 2. The van der Waals surface area contributed by atoms with Crippen LogP contribution in [0.1, 0.15) is 75.2 Å². The third-order valence-electron chi connectivity index (χ3n) is 6.50. The number of piperidine rings is 1. The average Bonchev–Trinajstić information content (AvgIpc) is 3.57. The number of hydrogen-bond donors (Lipinski definition) is 1. The Balaban J connectivity index is 1.40. The molecule has 0 unspecified atom stereocenters. The molecule has 0 bridgehead atoms. The van der Waals surface area contributed by atoms with Crippen molar-refractivity contribution < 1.29 is 14.1 Å². The van der Waals surface area contributed by atoms with E-state index in [1.165, 1.54) is 0 Å². The van der Waals surface area contributed by atoms with Crippen LogP contribution in [0.2, 0.25) is 0 Å². The van der Waals surface area contributed by atoms with Crippen LogP contribution in [-0.2, 0) is 0 Å². The van der Waals surface area contributed by atoms with Gasteiger partial charge in [-0.1, -0.05) is 23.4 Å². The summed E-state index contributed by atoms with van der Waals surface area (Å²) >= 11 is 0. The summed E-state index contributed by atoms with van der Waals surface area (Å²) in [6.45, 7) is 3.26. The number of fused-ring (bicyclic) bond motifs is 1. The SMILES string of the molecule is CNC(=O)c1cc(C2CC2)nc2onc(C3CCN(C(=O)c4ccccc4C)CC3)c12. The van der Waals surface area contributed by atoms with Gasteiger partial charge in [0.1, 0.15) is 0 Å². The molecule has 2 amide bonds. The van der Waals surface area contributed by atoms with Gasteiger partial charge in [-0.05, 0) is 50.3 Å². The van der Waals surface area contributed by atoms with Crippen molar-refractivity contribution in [2.24, 2.45) is 0 Å². The van der Waals surface area contributed by atoms with Gasteiger partial charge in [-0.2, -0.15) is 0 Å². The number of hydrogen-bond acceptors (Lipinski definition) is 5. The second-order valence-electron chi connectivity index (χ2n) is 8.58. The molecule has 3 aromatic rings. The van der Waals surface area contributed by atoms with Crippen LogP contribution in [0.4, 0.5) is 0 Å². The molecule has 0 spiro atoms. The largest absolute Gasteiger partial charge is 0.355 e. The number of rotatable bonds is 4. The molecular weight excluding hydrogens is 392 g/mol. The molecule has 5 rings (SSSR count). The third kappa shape index (κ3) is 3.58. The second-order valence-corrected chi connectivity index (χ2v) is 8.58. The Hall–Kier alpha value is -3.22. The van der Waals surface area contributed by atoms with Gasteiger partial charge in [-0.15, -0.1) is 0 Å². The highest BCUT2D eigenvalue weighted by molar-refractivity contribution is 6.06. The maximum Gasteiger partial charge on any atom is 0.259 e. The molecule has 2 aliphatic rings. The molecule has 1 aliphatic carbocycles. The number of carbonyl (C=O) groups is 2. The Morgan fingerprint density at radius 3 is 2.48 bits per heavy atom. The smallest absolute Gasteiger partial charge is 0.259 e. The van der Waals surface area contributed by atoms with Crippen LogP contribution in [0.15, 0.2) is 34.9 Å². The quantitative estimate of drug-likeness (QED) is 0.696. The Morgan fingerprint density at radius 1 is 1.06 bits per heavy atom. The van der Waals surface area contributed by atoms with Crippen LogP contribution in [0.5, 0.6) is 0 Å². The number of nitrogens with one attached hydrogen (secondary N) is 1. The lowest BCUT2D eigenvalue weighted by Crippen LogP contribution is -2.38. The highest BCUT2D eigenvalue weighted by Gasteiger charge is 2.32. The van der Waals surface area contributed by atoms with E-state index in [1.54, 1.807) is 7.05 Å². The number of nitrogens with zero attached hydrogens (tertiary/aromatic N) is 3. The molecule has 31 heavy (non-hydrogen) atoms. The predicted octanol–water partition coefficient (Wildman–Crippen LogP) is 3.79. The minimum atomic E-state index is -0.147. The summed E-state index contributed by atoms with van der Waals surface area (Å²) in [6, 6.07) is 9.59. The highest BCUT2D eigenvalue weighted by atomic mass is 16.5. The predicted molar refractivity (Wildman–Crippen MR) is 116 cm³/mol. The fourth-order valence-electron chi connectivity index (χ4n) is 4.51. The lowest BCUT2D eigenvalue weighted by atomic mass is 9.90. The maximum absolute atomic E-state index is 12.9. The van der Waals surface area contributed by atoms with Crippen LogP contribution in [0.25, 0.3) is 11.1 Å². The van der Waals surface area contributed by atoms with Gasteiger partial charge in [0.2, 0.25) is 0 Å². The Labute approximate surface area is 180 Å². The van der Waals surface area contributed by atoms with E-state index in [2.05, 4.69) is 15.5 Å². The van der Waals surface area contributed by atoms with E-state index in [1.807, 2.05) is 42.2 Å². The Morgan fingerprint density at radius 2 is 1.81 bits per heavy atom. The fourth-order valence-corrected chi connectivity index (χ4v) is 4.51. The normalized spacial score (nSPS) is 17.2. The first-order valence-corrected chi connectivity index (χ1v) is 10.9. The summed E-state index contributed by atoms with van der Waals surface area (Å²) in [5.41, 5.74) is 4.47. The molecule has 7 heteroatoms. The van der Waals surface area contributed by atoms with Crippen LogP contribution in [0, 0.1) is 6.92 Å². The molecule has 3 heterocycles. The molecule has 1 N–H and O–H groups in total. The van der Waals surface area contributed by atoms with Crippen molar-refractivity contribution >= 4 is 22.9 Å². The first-order valence-electron chi connectivity index (χ1n) is 10.9. The molecule has 0 radical (unpaired) electrons. The van der Waals surface area contributed by atoms with Crippen molar-refractivity contribution in [1.82, 2.24) is 20.4 Å². The van der Waals surface area contributed by atoms with E-state index in [4.69, 9.17) is 4.52 Å². The van der Waals surface area contributed by atoms with Gasteiger partial charge < -0.3 is 14.7 Å². The van der Waals surface area contributed by atoms with Gasteiger partial charge in [0, 0.05) is 43.2 Å². The van der Waals surface area contributed by atoms with Crippen molar-refractivity contribution in [1.29, 1.82) is 0 Å². The summed E-state index contributed by atoms with van der Waals surface area (Å²) in [5.74, 6) is 0.463. The van der Waals surface area contributed by atoms with Gasteiger partial charge in [0.15, 0.2) is 0 Å². The molecule has 1 saturated heterocycles. The zero-order valence-electron chi connectivity index (χ0n) is 17.9. The zero-order valence-corrected chi connectivity index (χ0v) is 17.9. The monoisotopic (exact) mass is 418 g/mol. The summed E-state index contributed by atoms with van der Waals surface area (Å²) in [6.07, 6.45) is 3.74. The minimum absolute atomic E-state index is 0.0725. The maximum atomic E-state index is 12.9. The van der Waals surface area contributed by atoms with Crippen LogP contribution in [-0.4, -0.2) is 47.0 Å². The number of carbonyl (C=O) groups excluding carboxylic acids is 2. The molecule has 1 saturated carbocycles. The van der Waals surface area contributed by atoms with Crippen molar-refractivity contribution in [2.45, 2.75) is 44.4 Å². The number of benzene rings is 1. The number of pyridine rings is 1. The molecular formula is C24H26N4O3. The van der Waals surface area contributed by atoms with Gasteiger partial charge in [0.25, 0.3) is 17.5 Å². The topological polar surface area (TPSA) is 88.3 Å². The Kier molecular flexibility index (Phi) is 4.96. The average molecular weight is 418 g/mol. The lowest BCUT2D eigenvalue weighted by molar-refractivity contribution is 0.0711. The molecule has 2 fully saturated rings. The highest BCUT2D eigenvalue weighted by Crippen LogP contribution is 2.41. The van der Waals surface area contributed by atoms with Crippen LogP contribution >= 0.6 is 0 Å². The fraction of sp³-hybridized carbons (Fsp3) is 0.417. The molecule has 160 valence electrons. The van der Waals surface area contributed by atoms with E-state index in [0.29, 0.717) is 35.7 Å². The summed E-state index contributed by atoms with van der Waals surface area (Å²) < 4.78 is 5.59. The minimum Gasteiger partial charge on any atom is -0.355 e. The van der Waals surface area contributed by atoms with Gasteiger partial charge in [-0.3, -0.25) is 9.59 Å². The number of likely N-dealkylation sites (tertiary alicyclic amines) is 1. The van der Waals surface area contributed by atoms with Crippen molar-refractivity contribution in [3.63, 3.8) is 0 Å². The first-order chi connectivity index (χ1) is 15.1. The van der Waals surface area contributed by atoms with E-state index >= 15 is 0 Å². The lowest BCUT2D eigenvalue weighted by Gasteiger charge is -2.31. The Bertz CT molecular complexity index is 1160. The summed E-state index contributed by atoms with van der Waals surface area (Å²) in [4.78, 5) is 32.1. The van der Waals surface area contributed by atoms with Gasteiger partial charge in [-0.25, -0.2) is 4.98 Å². The third-order valence-corrected chi connectivity index (χ3v) is 6.50. The molecule has 0 atom stereocenters. The number of aryl methyl sites for hydroxylation is 1. The molecule has 7 nitrogen and oxygen atoms in total. The van der Waals surface area contributed by atoms with E-state index in [9.17, 15) is 9.59 Å². The summed E-state index contributed by atoms with van der Waals surface area (Å²) in [7, 11) is 1.63. The van der Waals surface area contributed by atoms with E-state index in [-0.39, 0.29) is 17.7 Å². The number of aromatic nitrogens is 2. The van der Waals surface area contributed by atoms with Crippen LogP contribution < -0.4 is 5.32 Å².